The Kier molecular flexibility index (Phi) is 4.44. The van der Waals surface area contributed by atoms with E-state index < -0.39 is 10.0 Å². The maximum Gasteiger partial charge on any atom is 0.243 e. The average Bonchev–Trinajstić information content (AvgIpc) is 2.35. The Bertz CT molecular complexity index is 598. The molecule has 0 saturated carbocycles. The average molecular weight is 369 g/mol. The van der Waals surface area contributed by atoms with Crippen LogP contribution in [-0.2, 0) is 14.8 Å². The predicted octanol–water partition coefficient (Wildman–Crippen LogP) is 1.05. The smallest absolute Gasteiger partial charge is 0.243 e. The Morgan fingerprint density at radius 2 is 2.26 bits per heavy atom. The highest BCUT2D eigenvalue weighted by molar-refractivity contribution is 9.10. The van der Waals surface area contributed by atoms with Crippen LogP contribution in [0.1, 0.15) is 12.8 Å². The third-order valence-electron chi connectivity index (χ3n) is 2.65. The van der Waals surface area contributed by atoms with Gasteiger partial charge in [0.15, 0.2) is 0 Å². The first kappa shape index (κ1) is 14.7. The van der Waals surface area contributed by atoms with E-state index in [1.54, 1.807) is 0 Å². The number of pyridine rings is 1. The molecule has 1 amide bonds. The summed E-state index contributed by atoms with van der Waals surface area (Å²) in [6.07, 6.45) is 2.18. The van der Waals surface area contributed by atoms with Crippen molar-refractivity contribution in [2.24, 2.45) is 0 Å². The molecule has 0 spiro atoms. The lowest BCUT2D eigenvalue weighted by Gasteiger charge is -2.23. The van der Waals surface area contributed by atoms with Gasteiger partial charge in [0, 0.05) is 29.7 Å². The van der Waals surface area contributed by atoms with Gasteiger partial charge in [-0.15, -0.1) is 0 Å². The zero-order chi connectivity index (χ0) is 14.0. The van der Waals surface area contributed by atoms with Crippen molar-refractivity contribution in [1.82, 2.24) is 15.0 Å². The predicted molar refractivity (Wildman–Crippen MR) is 73.3 cm³/mol. The number of sulfonamides is 1. The summed E-state index contributed by atoms with van der Waals surface area (Å²) in [5, 5.41) is 2.52. The molecule has 0 aromatic carbocycles. The Morgan fingerprint density at radius 3 is 2.89 bits per heavy atom. The van der Waals surface area contributed by atoms with Gasteiger partial charge in [-0.1, -0.05) is 11.6 Å². The van der Waals surface area contributed by atoms with Crippen LogP contribution in [0.15, 0.2) is 21.6 Å². The zero-order valence-electron chi connectivity index (χ0n) is 9.69. The van der Waals surface area contributed by atoms with E-state index in [1.807, 2.05) is 0 Å². The van der Waals surface area contributed by atoms with Crippen LogP contribution >= 0.6 is 27.5 Å². The van der Waals surface area contributed by atoms with Crippen LogP contribution in [0, 0.1) is 0 Å². The summed E-state index contributed by atoms with van der Waals surface area (Å²) in [6.45, 7) is 0.275. The van der Waals surface area contributed by atoms with Crippen molar-refractivity contribution in [1.29, 1.82) is 0 Å². The summed E-state index contributed by atoms with van der Waals surface area (Å²) in [6, 6.07) is 1.05. The summed E-state index contributed by atoms with van der Waals surface area (Å²) in [5.74, 6) is -0.0717. The molecule has 2 heterocycles. The highest BCUT2D eigenvalue weighted by atomic mass is 79.9. The molecule has 0 radical (unpaired) electrons. The van der Waals surface area contributed by atoms with Crippen molar-refractivity contribution < 1.29 is 13.2 Å². The van der Waals surface area contributed by atoms with Gasteiger partial charge < -0.3 is 5.32 Å². The van der Waals surface area contributed by atoms with Crippen molar-refractivity contribution in [2.75, 3.05) is 6.54 Å². The first-order valence-electron chi connectivity index (χ1n) is 5.48. The fourth-order valence-electron chi connectivity index (χ4n) is 1.71. The number of piperidine rings is 1. The van der Waals surface area contributed by atoms with Gasteiger partial charge in [-0.05, 0) is 28.4 Å². The van der Waals surface area contributed by atoms with Crippen LogP contribution in [0.3, 0.4) is 0 Å². The zero-order valence-corrected chi connectivity index (χ0v) is 12.8. The van der Waals surface area contributed by atoms with Crippen LogP contribution in [0.25, 0.3) is 0 Å². The number of nitrogens with one attached hydrogen (secondary N) is 2. The number of hydrogen-bond acceptors (Lipinski definition) is 4. The maximum absolute atomic E-state index is 12.2. The van der Waals surface area contributed by atoms with Crippen molar-refractivity contribution in [3.63, 3.8) is 0 Å². The highest BCUT2D eigenvalue weighted by Gasteiger charge is 2.26. The van der Waals surface area contributed by atoms with E-state index in [1.165, 1.54) is 12.3 Å². The van der Waals surface area contributed by atoms with Crippen LogP contribution in [0.4, 0.5) is 0 Å². The molecule has 104 valence electrons. The number of nitrogens with zero attached hydrogens (tertiary/aromatic N) is 1. The molecule has 0 bridgehead atoms. The van der Waals surface area contributed by atoms with E-state index in [0.29, 0.717) is 17.3 Å². The largest absolute Gasteiger partial charge is 0.355 e. The number of aromatic nitrogens is 1. The number of carbonyl (C=O) groups is 1. The molecule has 19 heavy (non-hydrogen) atoms. The summed E-state index contributed by atoms with van der Waals surface area (Å²) < 4.78 is 27.4. The first-order valence-corrected chi connectivity index (χ1v) is 8.14. The minimum absolute atomic E-state index is 0.0717. The van der Waals surface area contributed by atoms with E-state index >= 15 is 0 Å². The SMILES string of the molecule is O=C1CCC(NS(=O)(=O)c2cc(Br)cnc2Cl)CN1. The second-order valence-electron chi connectivity index (χ2n) is 4.10. The lowest BCUT2D eigenvalue weighted by atomic mass is 10.1. The molecule has 1 aliphatic rings. The second-order valence-corrected chi connectivity index (χ2v) is 7.06. The molecule has 2 N–H and O–H groups in total. The first-order chi connectivity index (χ1) is 8.88. The number of rotatable bonds is 3. The third-order valence-corrected chi connectivity index (χ3v) is 5.03. The monoisotopic (exact) mass is 367 g/mol. The van der Waals surface area contributed by atoms with Gasteiger partial charge in [0.05, 0.1) is 0 Å². The van der Waals surface area contributed by atoms with Crippen molar-refractivity contribution in [3.05, 3.63) is 21.9 Å². The molecular formula is C10H11BrClN3O3S. The molecule has 1 aliphatic heterocycles. The van der Waals surface area contributed by atoms with Gasteiger partial charge in [0.2, 0.25) is 15.9 Å². The Balaban J connectivity index is 2.18. The third kappa shape index (κ3) is 3.65. The van der Waals surface area contributed by atoms with Crippen LogP contribution in [0.5, 0.6) is 0 Å². The molecule has 1 aromatic rings. The van der Waals surface area contributed by atoms with Gasteiger partial charge in [-0.2, -0.15) is 0 Å². The Hall–Kier alpha value is -0.700. The number of halogens is 2. The fraction of sp³-hybridized carbons (Fsp3) is 0.400. The van der Waals surface area contributed by atoms with E-state index in [0.717, 1.165) is 0 Å². The maximum atomic E-state index is 12.2. The van der Waals surface area contributed by atoms with Crippen LogP contribution in [-0.4, -0.2) is 31.9 Å². The van der Waals surface area contributed by atoms with E-state index in [-0.39, 0.29) is 28.5 Å². The quantitative estimate of drug-likeness (QED) is 0.781. The van der Waals surface area contributed by atoms with Gasteiger partial charge in [-0.25, -0.2) is 18.1 Å². The molecule has 6 nitrogen and oxygen atoms in total. The van der Waals surface area contributed by atoms with Crippen LogP contribution in [0.2, 0.25) is 5.15 Å². The fourth-order valence-corrected chi connectivity index (χ4v) is 3.92. The molecule has 1 atom stereocenters. The molecule has 1 fully saturated rings. The van der Waals surface area contributed by atoms with Gasteiger partial charge in [0.25, 0.3) is 0 Å². The lowest BCUT2D eigenvalue weighted by molar-refractivity contribution is -0.122. The number of amides is 1. The Labute approximate surface area is 124 Å². The minimum Gasteiger partial charge on any atom is -0.355 e. The van der Waals surface area contributed by atoms with Crippen molar-refractivity contribution >= 4 is 43.5 Å². The van der Waals surface area contributed by atoms with Gasteiger partial charge in [-0.3, -0.25) is 4.79 Å². The van der Waals surface area contributed by atoms with Crippen LogP contribution < -0.4 is 10.0 Å². The normalized spacial score (nSPS) is 20.1. The summed E-state index contributed by atoms with van der Waals surface area (Å²) in [7, 11) is -3.76. The number of hydrogen-bond donors (Lipinski definition) is 2. The van der Waals surface area contributed by atoms with E-state index in [9.17, 15) is 13.2 Å². The Morgan fingerprint density at radius 1 is 1.53 bits per heavy atom. The minimum atomic E-state index is -3.76. The molecule has 0 aliphatic carbocycles. The van der Waals surface area contributed by atoms with Crippen molar-refractivity contribution in [3.8, 4) is 0 Å². The molecule has 2 rings (SSSR count). The highest BCUT2D eigenvalue weighted by Crippen LogP contribution is 2.23. The van der Waals surface area contributed by atoms with E-state index in [2.05, 4.69) is 31.0 Å². The van der Waals surface area contributed by atoms with Gasteiger partial charge in [0.1, 0.15) is 10.0 Å². The number of carbonyl (C=O) groups excluding carboxylic acids is 1. The molecular weight excluding hydrogens is 358 g/mol. The topological polar surface area (TPSA) is 88.2 Å². The summed E-state index contributed by atoms with van der Waals surface area (Å²) >= 11 is 8.95. The van der Waals surface area contributed by atoms with E-state index in [4.69, 9.17) is 11.6 Å². The standard InChI is InChI=1S/C10H11BrClN3O3S/c11-6-3-8(10(12)14-4-6)19(17,18)15-7-1-2-9(16)13-5-7/h3-4,7,15H,1-2,5H2,(H,13,16). The van der Waals surface area contributed by atoms with Crippen molar-refractivity contribution in [2.45, 2.75) is 23.8 Å². The lowest BCUT2D eigenvalue weighted by Crippen LogP contribution is -2.47. The summed E-state index contributed by atoms with van der Waals surface area (Å²) in [5.41, 5.74) is 0. The molecule has 1 aromatic heterocycles. The van der Waals surface area contributed by atoms with Gasteiger partial charge >= 0.3 is 0 Å². The summed E-state index contributed by atoms with van der Waals surface area (Å²) in [4.78, 5) is 14.7. The molecule has 1 unspecified atom stereocenters. The molecule has 1 saturated heterocycles. The second kappa shape index (κ2) is 5.74. The molecule has 9 heteroatoms.